The van der Waals surface area contributed by atoms with Gasteiger partial charge in [0.1, 0.15) is 5.15 Å². The van der Waals surface area contributed by atoms with Gasteiger partial charge >= 0.3 is 0 Å². The molecule has 84 valence electrons. The summed E-state index contributed by atoms with van der Waals surface area (Å²) in [7, 11) is 0. The molecule has 0 aromatic carbocycles. The van der Waals surface area contributed by atoms with E-state index >= 15 is 0 Å². The molecular weight excluding hydrogens is 231 g/mol. The van der Waals surface area contributed by atoms with Crippen LogP contribution in [0.4, 0.5) is 4.39 Å². The van der Waals surface area contributed by atoms with Crippen LogP contribution in [-0.2, 0) is 0 Å². The lowest BCUT2D eigenvalue weighted by Gasteiger charge is -2.09. The molecule has 5 heteroatoms. The molecule has 0 amide bonds. The minimum absolute atomic E-state index is 0.0399. The van der Waals surface area contributed by atoms with Crippen LogP contribution < -0.4 is 5.56 Å². The zero-order valence-corrected chi connectivity index (χ0v) is 9.62. The average molecular weight is 241 g/mol. The molecule has 3 nitrogen and oxygen atoms in total. The molecule has 0 fully saturated rings. The Bertz CT molecular complexity index is 607. The number of hydrogen-bond donors (Lipinski definition) is 0. The van der Waals surface area contributed by atoms with Crippen molar-refractivity contribution in [3.05, 3.63) is 45.2 Å². The van der Waals surface area contributed by atoms with Crippen LogP contribution in [-0.4, -0.2) is 9.38 Å². The van der Waals surface area contributed by atoms with Crippen LogP contribution in [0.15, 0.2) is 23.1 Å². The third-order valence-corrected chi connectivity index (χ3v) is 2.66. The first kappa shape index (κ1) is 11.1. The maximum Gasteiger partial charge on any atom is 0.262 e. The number of fused-ring (bicyclic) bond motifs is 1. The summed E-state index contributed by atoms with van der Waals surface area (Å²) < 4.78 is 14.6. The third kappa shape index (κ3) is 1.59. The van der Waals surface area contributed by atoms with Crippen LogP contribution >= 0.6 is 11.6 Å². The molecule has 16 heavy (non-hydrogen) atoms. The van der Waals surface area contributed by atoms with Crippen molar-refractivity contribution in [2.45, 2.75) is 19.8 Å². The first-order chi connectivity index (χ1) is 7.52. The molecule has 0 aliphatic heterocycles. The molecule has 0 radical (unpaired) electrons. The highest BCUT2D eigenvalue weighted by atomic mass is 35.5. The average Bonchev–Trinajstić information content (AvgIpc) is 2.19. The van der Waals surface area contributed by atoms with Crippen molar-refractivity contribution >= 4 is 17.2 Å². The largest absolute Gasteiger partial charge is 0.269 e. The fourth-order valence-electron chi connectivity index (χ4n) is 1.60. The Kier molecular flexibility index (Phi) is 2.68. The second-order valence-corrected chi connectivity index (χ2v) is 4.18. The van der Waals surface area contributed by atoms with Crippen LogP contribution in [0.5, 0.6) is 0 Å². The van der Waals surface area contributed by atoms with Crippen molar-refractivity contribution in [3.63, 3.8) is 0 Å². The number of aromatic nitrogens is 2. The topological polar surface area (TPSA) is 34.4 Å². The standard InChI is InChI=1S/C11H10ClFN2O/c1-6(2)8-9(12)14-10-7(13)4-3-5-15(10)11(8)16/h3-6H,1-2H3. The van der Waals surface area contributed by atoms with Gasteiger partial charge < -0.3 is 0 Å². The quantitative estimate of drug-likeness (QED) is 0.718. The van der Waals surface area contributed by atoms with Gasteiger partial charge in [0.05, 0.1) is 5.56 Å². The maximum atomic E-state index is 13.4. The highest BCUT2D eigenvalue weighted by Crippen LogP contribution is 2.19. The summed E-state index contributed by atoms with van der Waals surface area (Å²) in [4.78, 5) is 15.9. The third-order valence-electron chi connectivity index (χ3n) is 2.37. The summed E-state index contributed by atoms with van der Waals surface area (Å²) in [5.41, 5.74) is 0.0520. The summed E-state index contributed by atoms with van der Waals surface area (Å²) in [6.45, 7) is 3.69. The van der Waals surface area contributed by atoms with E-state index in [1.54, 1.807) is 0 Å². The van der Waals surface area contributed by atoms with Gasteiger partial charge in [0, 0.05) is 6.20 Å². The van der Waals surface area contributed by atoms with Crippen LogP contribution in [0.3, 0.4) is 0 Å². The van der Waals surface area contributed by atoms with E-state index in [1.165, 1.54) is 22.7 Å². The first-order valence-electron chi connectivity index (χ1n) is 4.88. The summed E-state index contributed by atoms with van der Waals surface area (Å²) in [5, 5.41) is 0.0742. The Labute approximate surface area is 96.5 Å². The highest BCUT2D eigenvalue weighted by Gasteiger charge is 2.15. The van der Waals surface area contributed by atoms with E-state index in [1.807, 2.05) is 13.8 Å². The first-order valence-corrected chi connectivity index (χ1v) is 5.26. The van der Waals surface area contributed by atoms with Gasteiger partial charge in [0.25, 0.3) is 5.56 Å². The summed E-state index contributed by atoms with van der Waals surface area (Å²) in [6.07, 6.45) is 1.48. The molecule has 0 spiro atoms. The second-order valence-electron chi connectivity index (χ2n) is 3.83. The normalized spacial score (nSPS) is 11.3. The Hall–Kier alpha value is -1.42. The van der Waals surface area contributed by atoms with Gasteiger partial charge in [0.2, 0.25) is 0 Å². The zero-order valence-electron chi connectivity index (χ0n) is 8.87. The molecular formula is C11H10ClFN2O. The van der Waals surface area contributed by atoms with E-state index in [9.17, 15) is 9.18 Å². The maximum absolute atomic E-state index is 13.4. The number of hydrogen-bond acceptors (Lipinski definition) is 2. The van der Waals surface area contributed by atoms with Gasteiger partial charge in [0.15, 0.2) is 11.5 Å². The van der Waals surface area contributed by atoms with Crippen LogP contribution in [0.1, 0.15) is 25.3 Å². The Morgan fingerprint density at radius 1 is 1.50 bits per heavy atom. The predicted octanol–water partition coefficient (Wildman–Crippen LogP) is 2.61. The van der Waals surface area contributed by atoms with Gasteiger partial charge in [-0.05, 0) is 18.1 Å². The number of rotatable bonds is 1. The number of pyridine rings is 1. The van der Waals surface area contributed by atoms with E-state index in [-0.39, 0.29) is 22.3 Å². The lowest BCUT2D eigenvalue weighted by atomic mass is 10.1. The zero-order chi connectivity index (χ0) is 11.9. The van der Waals surface area contributed by atoms with Crippen molar-refractivity contribution in [2.24, 2.45) is 0 Å². The van der Waals surface area contributed by atoms with E-state index in [2.05, 4.69) is 4.98 Å². The summed E-state index contributed by atoms with van der Waals surface area (Å²) >= 11 is 5.88. The van der Waals surface area contributed by atoms with Crippen molar-refractivity contribution < 1.29 is 4.39 Å². The SMILES string of the molecule is CC(C)c1c(Cl)nc2c(F)cccn2c1=O. The molecule has 0 atom stereocenters. The summed E-state index contributed by atoms with van der Waals surface area (Å²) in [5.74, 6) is -0.607. The van der Waals surface area contributed by atoms with Crippen molar-refractivity contribution in [1.29, 1.82) is 0 Å². The fraction of sp³-hybridized carbons (Fsp3) is 0.273. The molecule has 0 saturated heterocycles. The molecule has 0 saturated carbocycles. The van der Waals surface area contributed by atoms with Gasteiger partial charge in [-0.2, -0.15) is 0 Å². The van der Waals surface area contributed by atoms with Gasteiger partial charge in [-0.15, -0.1) is 0 Å². The van der Waals surface area contributed by atoms with E-state index < -0.39 is 5.82 Å². The minimum atomic E-state index is -0.559. The predicted molar refractivity (Wildman–Crippen MR) is 60.5 cm³/mol. The molecule has 0 unspecified atom stereocenters. The Balaban J connectivity index is 2.95. The Morgan fingerprint density at radius 3 is 2.81 bits per heavy atom. The van der Waals surface area contributed by atoms with Gasteiger partial charge in [-0.3, -0.25) is 9.20 Å². The van der Waals surface area contributed by atoms with E-state index in [4.69, 9.17) is 11.6 Å². The number of halogens is 2. The van der Waals surface area contributed by atoms with Crippen LogP contribution in [0.2, 0.25) is 5.15 Å². The minimum Gasteiger partial charge on any atom is -0.269 e. The molecule has 0 N–H and O–H groups in total. The molecule has 0 aliphatic rings. The molecule has 0 aliphatic carbocycles. The van der Waals surface area contributed by atoms with Crippen molar-refractivity contribution in [3.8, 4) is 0 Å². The monoisotopic (exact) mass is 240 g/mol. The van der Waals surface area contributed by atoms with Crippen LogP contribution in [0, 0.1) is 5.82 Å². The molecule has 2 rings (SSSR count). The molecule has 2 aromatic rings. The lowest BCUT2D eigenvalue weighted by Crippen LogP contribution is -2.21. The second kappa shape index (κ2) is 3.87. The molecule has 2 heterocycles. The fourth-order valence-corrected chi connectivity index (χ4v) is 1.98. The smallest absolute Gasteiger partial charge is 0.262 e. The van der Waals surface area contributed by atoms with E-state index in [0.29, 0.717) is 5.56 Å². The number of nitrogens with zero attached hydrogens (tertiary/aromatic N) is 2. The van der Waals surface area contributed by atoms with Gasteiger partial charge in [-0.25, -0.2) is 9.37 Å². The van der Waals surface area contributed by atoms with Crippen LogP contribution in [0.25, 0.3) is 5.65 Å². The molecule has 2 aromatic heterocycles. The summed E-state index contributed by atoms with van der Waals surface area (Å²) in [6, 6.07) is 2.70. The highest BCUT2D eigenvalue weighted by molar-refractivity contribution is 6.30. The van der Waals surface area contributed by atoms with Crippen molar-refractivity contribution in [1.82, 2.24) is 9.38 Å². The van der Waals surface area contributed by atoms with E-state index in [0.717, 1.165) is 0 Å². The van der Waals surface area contributed by atoms with Crippen molar-refractivity contribution in [2.75, 3.05) is 0 Å². The molecule has 0 bridgehead atoms. The van der Waals surface area contributed by atoms with Gasteiger partial charge in [-0.1, -0.05) is 25.4 Å². The Morgan fingerprint density at radius 2 is 2.19 bits per heavy atom. The lowest BCUT2D eigenvalue weighted by molar-refractivity contribution is 0.625.